The summed E-state index contributed by atoms with van der Waals surface area (Å²) in [6.07, 6.45) is -1.41. The zero-order valence-electron chi connectivity index (χ0n) is 22.2. The zero-order valence-corrected chi connectivity index (χ0v) is 22.2. The molecular formula is C34H32O4. The smallest absolute Gasteiger partial charge is 0.338 e. The summed E-state index contributed by atoms with van der Waals surface area (Å²) in [6.45, 7) is 8.24. The molecule has 0 fully saturated rings. The van der Waals surface area contributed by atoms with Crippen molar-refractivity contribution in [1.29, 1.82) is 0 Å². The Labute approximate surface area is 224 Å². The molecule has 0 radical (unpaired) electrons. The number of rotatable bonds is 5. The van der Waals surface area contributed by atoms with Crippen LogP contribution in [0, 0.1) is 20.8 Å². The third-order valence-electron chi connectivity index (χ3n) is 7.49. The topological polar surface area (TPSA) is 52.6 Å². The van der Waals surface area contributed by atoms with Crippen LogP contribution in [0.25, 0.3) is 0 Å². The Morgan fingerprint density at radius 1 is 0.579 bits per heavy atom. The SMILES string of the molecule is Cc1ccc2c(c1)C(C)C(OC(=O)c1ccccc1)C(OC(=O)c1ccccc1)[C@H]2c1cc(C)ccc1C. The van der Waals surface area contributed by atoms with Gasteiger partial charge in [0.25, 0.3) is 0 Å². The van der Waals surface area contributed by atoms with E-state index in [1.165, 1.54) is 0 Å². The lowest BCUT2D eigenvalue weighted by Gasteiger charge is -2.43. The summed E-state index contributed by atoms with van der Waals surface area (Å²) < 4.78 is 12.6. The first-order valence-electron chi connectivity index (χ1n) is 13.0. The van der Waals surface area contributed by atoms with Crippen molar-refractivity contribution >= 4 is 11.9 Å². The molecule has 4 nitrogen and oxygen atoms in total. The summed E-state index contributed by atoms with van der Waals surface area (Å²) in [5, 5.41) is 0. The second kappa shape index (κ2) is 10.7. The molecule has 4 heteroatoms. The minimum absolute atomic E-state index is 0.187. The fourth-order valence-electron chi connectivity index (χ4n) is 5.48. The van der Waals surface area contributed by atoms with Crippen LogP contribution in [0.4, 0.5) is 0 Å². The molecule has 1 aliphatic rings. The van der Waals surface area contributed by atoms with E-state index in [4.69, 9.17) is 9.47 Å². The molecule has 4 aromatic carbocycles. The van der Waals surface area contributed by atoms with E-state index in [2.05, 4.69) is 57.2 Å². The maximum atomic E-state index is 13.5. The molecular weight excluding hydrogens is 472 g/mol. The van der Waals surface area contributed by atoms with Gasteiger partial charge in [0, 0.05) is 5.92 Å². The van der Waals surface area contributed by atoms with E-state index in [1.807, 2.05) is 43.3 Å². The molecule has 0 amide bonds. The fourth-order valence-corrected chi connectivity index (χ4v) is 5.48. The van der Waals surface area contributed by atoms with Gasteiger partial charge < -0.3 is 9.47 Å². The molecule has 192 valence electrons. The second-order valence-electron chi connectivity index (χ2n) is 10.2. The van der Waals surface area contributed by atoms with Crippen LogP contribution >= 0.6 is 0 Å². The van der Waals surface area contributed by atoms with E-state index in [1.54, 1.807) is 24.3 Å². The minimum Gasteiger partial charge on any atom is -0.454 e. The fraction of sp³-hybridized carbons (Fsp3) is 0.235. The second-order valence-corrected chi connectivity index (χ2v) is 10.2. The lowest BCUT2D eigenvalue weighted by atomic mass is 9.69. The molecule has 0 N–H and O–H groups in total. The van der Waals surface area contributed by atoms with Gasteiger partial charge in [0.05, 0.1) is 17.0 Å². The normalized spacial score (nSPS) is 20.3. The van der Waals surface area contributed by atoms with E-state index >= 15 is 0 Å². The molecule has 0 spiro atoms. The molecule has 5 rings (SSSR count). The summed E-state index contributed by atoms with van der Waals surface area (Å²) >= 11 is 0. The zero-order chi connectivity index (χ0) is 26.8. The van der Waals surface area contributed by atoms with Gasteiger partial charge in [-0.15, -0.1) is 0 Å². The minimum atomic E-state index is -0.721. The van der Waals surface area contributed by atoms with Crippen molar-refractivity contribution in [2.45, 2.75) is 51.7 Å². The summed E-state index contributed by atoms with van der Waals surface area (Å²) in [6, 6.07) is 30.6. The maximum absolute atomic E-state index is 13.5. The highest BCUT2D eigenvalue weighted by molar-refractivity contribution is 5.90. The van der Waals surface area contributed by atoms with Crippen LogP contribution in [0.3, 0.4) is 0 Å². The molecule has 0 aromatic heterocycles. The molecule has 0 saturated carbocycles. The lowest BCUT2D eigenvalue weighted by molar-refractivity contribution is -0.0532. The Kier molecular flexibility index (Phi) is 7.15. The van der Waals surface area contributed by atoms with Crippen molar-refractivity contribution < 1.29 is 19.1 Å². The molecule has 0 saturated heterocycles. The average Bonchev–Trinajstić information content (AvgIpc) is 2.93. The molecule has 0 aliphatic heterocycles. The molecule has 3 unspecified atom stereocenters. The summed E-state index contributed by atoms with van der Waals surface area (Å²) in [7, 11) is 0. The van der Waals surface area contributed by atoms with E-state index in [0.29, 0.717) is 11.1 Å². The third-order valence-corrected chi connectivity index (χ3v) is 7.49. The molecule has 0 heterocycles. The van der Waals surface area contributed by atoms with Gasteiger partial charge >= 0.3 is 11.9 Å². The molecule has 4 aromatic rings. The van der Waals surface area contributed by atoms with E-state index in [0.717, 1.165) is 33.4 Å². The quantitative estimate of drug-likeness (QED) is 0.267. The van der Waals surface area contributed by atoms with Gasteiger partial charge in [0.2, 0.25) is 0 Å². The highest BCUT2D eigenvalue weighted by Crippen LogP contribution is 2.46. The Morgan fingerprint density at radius 3 is 1.66 bits per heavy atom. The van der Waals surface area contributed by atoms with Gasteiger partial charge in [0.1, 0.15) is 6.10 Å². The first-order valence-corrected chi connectivity index (χ1v) is 13.0. The van der Waals surface area contributed by atoms with Crippen LogP contribution in [0.15, 0.2) is 97.1 Å². The number of esters is 2. The van der Waals surface area contributed by atoms with Crippen LogP contribution in [0.2, 0.25) is 0 Å². The van der Waals surface area contributed by atoms with Gasteiger partial charge in [-0.05, 0) is 67.3 Å². The average molecular weight is 505 g/mol. The molecule has 1 aliphatic carbocycles. The Hall–Kier alpha value is -4.18. The highest BCUT2D eigenvalue weighted by Gasteiger charge is 2.47. The highest BCUT2D eigenvalue weighted by atomic mass is 16.6. The Balaban J connectivity index is 1.66. The number of ether oxygens (including phenoxy) is 2. The van der Waals surface area contributed by atoms with Crippen LogP contribution in [-0.2, 0) is 9.47 Å². The Morgan fingerprint density at radius 2 is 1.08 bits per heavy atom. The number of hydrogen-bond donors (Lipinski definition) is 0. The molecule has 38 heavy (non-hydrogen) atoms. The van der Waals surface area contributed by atoms with Crippen molar-refractivity contribution in [2.24, 2.45) is 0 Å². The number of carbonyl (C=O) groups is 2. The predicted molar refractivity (Wildman–Crippen MR) is 149 cm³/mol. The van der Waals surface area contributed by atoms with Gasteiger partial charge in [-0.1, -0.05) is 90.8 Å². The number of fused-ring (bicyclic) bond motifs is 1. The van der Waals surface area contributed by atoms with Crippen molar-refractivity contribution in [3.8, 4) is 0 Å². The van der Waals surface area contributed by atoms with Gasteiger partial charge in [-0.25, -0.2) is 9.59 Å². The van der Waals surface area contributed by atoms with Crippen LogP contribution in [-0.4, -0.2) is 24.1 Å². The largest absolute Gasteiger partial charge is 0.454 e. The van der Waals surface area contributed by atoms with Crippen molar-refractivity contribution in [2.75, 3.05) is 0 Å². The third kappa shape index (κ3) is 4.99. The number of aryl methyl sites for hydroxylation is 3. The first-order chi connectivity index (χ1) is 18.3. The summed E-state index contributed by atoms with van der Waals surface area (Å²) in [5.41, 5.74) is 7.52. The van der Waals surface area contributed by atoms with Gasteiger partial charge in [-0.3, -0.25) is 0 Å². The first kappa shape index (κ1) is 25.5. The molecule has 0 bridgehead atoms. The van der Waals surface area contributed by atoms with Crippen LogP contribution < -0.4 is 0 Å². The summed E-state index contributed by atoms with van der Waals surface area (Å²) in [4.78, 5) is 26.8. The van der Waals surface area contributed by atoms with Crippen molar-refractivity contribution in [3.05, 3.63) is 142 Å². The summed E-state index contributed by atoms with van der Waals surface area (Å²) in [5.74, 6) is -1.36. The lowest BCUT2D eigenvalue weighted by Crippen LogP contribution is -2.47. The number of carbonyl (C=O) groups excluding carboxylic acids is 2. The monoisotopic (exact) mass is 504 g/mol. The predicted octanol–water partition coefficient (Wildman–Crippen LogP) is 7.31. The van der Waals surface area contributed by atoms with E-state index < -0.39 is 24.1 Å². The van der Waals surface area contributed by atoms with Crippen molar-refractivity contribution in [1.82, 2.24) is 0 Å². The van der Waals surface area contributed by atoms with E-state index in [9.17, 15) is 9.59 Å². The van der Waals surface area contributed by atoms with E-state index in [-0.39, 0.29) is 11.8 Å². The number of hydrogen-bond acceptors (Lipinski definition) is 4. The van der Waals surface area contributed by atoms with Gasteiger partial charge in [0.15, 0.2) is 6.10 Å². The molecule has 4 atom stereocenters. The van der Waals surface area contributed by atoms with Crippen molar-refractivity contribution in [3.63, 3.8) is 0 Å². The van der Waals surface area contributed by atoms with Crippen LogP contribution in [0.5, 0.6) is 0 Å². The van der Waals surface area contributed by atoms with Gasteiger partial charge in [-0.2, -0.15) is 0 Å². The maximum Gasteiger partial charge on any atom is 0.338 e. The number of benzene rings is 4. The Bertz CT molecular complexity index is 1460. The van der Waals surface area contributed by atoms with Crippen LogP contribution in [0.1, 0.15) is 72.9 Å². The standard InChI is InChI=1S/C34H32O4/c1-21-15-17-23(3)28(19-21)30-27-18-16-22(2)20-29(27)24(4)31(37-33(35)25-11-7-5-8-12-25)32(30)38-34(36)26-13-9-6-10-14-26/h5-20,24,30-32H,1-4H3/t24?,30-,31?,32?/m1/s1.